The first-order chi connectivity index (χ1) is 12.6. The Bertz CT molecular complexity index is 980. The summed E-state index contributed by atoms with van der Waals surface area (Å²) in [6.07, 6.45) is 3.01. The van der Waals surface area contributed by atoms with E-state index >= 15 is 0 Å². The van der Waals surface area contributed by atoms with E-state index in [2.05, 4.69) is 25.7 Å². The molecule has 1 aliphatic heterocycles. The average molecular weight is 350 g/mol. The SMILES string of the molecule is CC1=C(C(=O)Nc2ccccn2)[C@H](c2ccc(F)cc2)n2ncnc2N1. The average Bonchev–Trinajstić information content (AvgIpc) is 3.10. The highest BCUT2D eigenvalue weighted by Crippen LogP contribution is 2.35. The van der Waals surface area contributed by atoms with E-state index in [4.69, 9.17) is 0 Å². The summed E-state index contributed by atoms with van der Waals surface area (Å²) in [7, 11) is 0. The van der Waals surface area contributed by atoms with Crippen molar-refractivity contribution in [3.63, 3.8) is 0 Å². The number of carbonyl (C=O) groups is 1. The number of pyridine rings is 1. The van der Waals surface area contributed by atoms with Gasteiger partial charge in [-0.25, -0.2) is 14.1 Å². The Hall–Kier alpha value is -3.55. The van der Waals surface area contributed by atoms with Crippen LogP contribution in [0.15, 0.2) is 66.3 Å². The van der Waals surface area contributed by atoms with Gasteiger partial charge in [-0.1, -0.05) is 18.2 Å². The Morgan fingerprint density at radius 2 is 2.00 bits per heavy atom. The number of carbonyl (C=O) groups excluding carboxylic acids is 1. The minimum absolute atomic E-state index is 0.316. The number of hydrogen-bond acceptors (Lipinski definition) is 5. The first-order valence-electron chi connectivity index (χ1n) is 7.98. The number of benzene rings is 1. The largest absolute Gasteiger partial charge is 0.328 e. The van der Waals surface area contributed by atoms with Gasteiger partial charge in [-0.15, -0.1) is 0 Å². The molecular weight excluding hydrogens is 335 g/mol. The summed E-state index contributed by atoms with van der Waals surface area (Å²) in [5, 5.41) is 10.1. The Morgan fingerprint density at radius 1 is 1.19 bits per heavy atom. The summed E-state index contributed by atoms with van der Waals surface area (Å²) in [6.45, 7) is 1.79. The highest BCUT2D eigenvalue weighted by molar-refractivity contribution is 6.05. The second-order valence-corrected chi connectivity index (χ2v) is 5.82. The molecule has 26 heavy (non-hydrogen) atoms. The fourth-order valence-corrected chi connectivity index (χ4v) is 2.96. The van der Waals surface area contributed by atoms with Crippen LogP contribution in [0.5, 0.6) is 0 Å². The minimum Gasteiger partial charge on any atom is -0.328 e. The Balaban J connectivity index is 1.77. The first-order valence-corrected chi connectivity index (χ1v) is 7.98. The maximum Gasteiger partial charge on any atom is 0.257 e. The van der Waals surface area contributed by atoms with E-state index in [1.54, 1.807) is 48.1 Å². The second-order valence-electron chi connectivity index (χ2n) is 5.82. The molecule has 0 unspecified atom stereocenters. The molecule has 130 valence electrons. The van der Waals surface area contributed by atoms with Crippen LogP contribution in [-0.2, 0) is 4.79 Å². The van der Waals surface area contributed by atoms with E-state index in [0.29, 0.717) is 23.0 Å². The molecule has 0 saturated carbocycles. The smallest absolute Gasteiger partial charge is 0.257 e. The molecule has 1 aromatic carbocycles. The number of allylic oxidation sites excluding steroid dienone is 1. The molecule has 0 spiro atoms. The van der Waals surface area contributed by atoms with Gasteiger partial charge in [0.1, 0.15) is 24.0 Å². The minimum atomic E-state index is -0.530. The van der Waals surface area contributed by atoms with Gasteiger partial charge in [0.05, 0.1) is 5.57 Å². The number of nitrogens with zero attached hydrogens (tertiary/aromatic N) is 4. The van der Waals surface area contributed by atoms with Crippen molar-refractivity contribution < 1.29 is 9.18 Å². The van der Waals surface area contributed by atoms with Crippen molar-refractivity contribution in [2.45, 2.75) is 13.0 Å². The molecule has 8 heteroatoms. The van der Waals surface area contributed by atoms with Gasteiger partial charge in [-0.05, 0) is 36.8 Å². The Kier molecular flexibility index (Phi) is 3.92. The van der Waals surface area contributed by atoms with Gasteiger partial charge >= 0.3 is 0 Å². The lowest BCUT2D eigenvalue weighted by Gasteiger charge is -2.28. The third kappa shape index (κ3) is 2.81. The van der Waals surface area contributed by atoms with Crippen LogP contribution < -0.4 is 10.6 Å². The first kappa shape index (κ1) is 15.9. The number of aromatic nitrogens is 4. The molecule has 4 rings (SSSR count). The lowest BCUT2D eigenvalue weighted by molar-refractivity contribution is -0.113. The van der Waals surface area contributed by atoms with Crippen LogP contribution in [-0.4, -0.2) is 25.7 Å². The molecule has 1 amide bonds. The van der Waals surface area contributed by atoms with Gasteiger partial charge in [0.2, 0.25) is 5.95 Å². The highest BCUT2D eigenvalue weighted by Gasteiger charge is 2.33. The lowest BCUT2D eigenvalue weighted by Crippen LogP contribution is -2.31. The summed E-state index contributed by atoms with van der Waals surface area (Å²) in [6, 6.07) is 10.7. The summed E-state index contributed by atoms with van der Waals surface area (Å²) >= 11 is 0. The third-order valence-electron chi connectivity index (χ3n) is 4.13. The zero-order valence-electron chi connectivity index (χ0n) is 13.8. The number of anilines is 2. The van der Waals surface area contributed by atoms with Gasteiger partial charge in [0.25, 0.3) is 5.91 Å². The molecule has 0 fully saturated rings. The van der Waals surface area contributed by atoms with E-state index in [-0.39, 0.29) is 11.7 Å². The van der Waals surface area contributed by atoms with Gasteiger partial charge in [0.15, 0.2) is 0 Å². The molecule has 7 nitrogen and oxygen atoms in total. The zero-order valence-corrected chi connectivity index (χ0v) is 13.8. The molecule has 2 aromatic heterocycles. The predicted octanol–water partition coefficient (Wildman–Crippen LogP) is 2.74. The maximum absolute atomic E-state index is 13.4. The number of nitrogens with one attached hydrogen (secondary N) is 2. The van der Waals surface area contributed by atoms with Crippen molar-refractivity contribution in [3.05, 3.63) is 77.6 Å². The third-order valence-corrected chi connectivity index (χ3v) is 4.13. The van der Waals surface area contributed by atoms with Crippen LogP contribution in [0.1, 0.15) is 18.5 Å². The number of hydrogen-bond donors (Lipinski definition) is 2. The van der Waals surface area contributed by atoms with Crippen LogP contribution in [0.4, 0.5) is 16.2 Å². The van der Waals surface area contributed by atoms with Crippen LogP contribution >= 0.6 is 0 Å². The van der Waals surface area contributed by atoms with Crippen LogP contribution in [0.2, 0.25) is 0 Å². The van der Waals surface area contributed by atoms with E-state index < -0.39 is 6.04 Å². The van der Waals surface area contributed by atoms with Crippen molar-refractivity contribution in [1.82, 2.24) is 19.7 Å². The number of rotatable bonds is 3. The molecule has 3 aromatic rings. The summed E-state index contributed by atoms with van der Waals surface area (Å²) in [5.41, 5.74) is 1.83. The van der Waals surface area contributed by atoms with Crippen molar-refractivity contribution >= 4 is 17.7 Å². The van der Waals surface area contributed by atoms with Gasteiger partial charge in [-0.3, -0.25) is 4.79 Å². The van der Waals surface area contributed by atoms with E-state index in [0.717, 1.165) is 5.56 Å². The maximum atomic E-state index is 13.4. The molecule has 0 radical (unpaired) electrons. The summed E-state index contributed by atoms with van der Waals surface area (Å²) in [4.78, 5) is 21.3. The highest BCUT2D eigenvalue weighted by atomic mass is 19.1. The molecule has 1 aliphatic rings. The summed E-state index contributed by atoms with van der Waals surface area (Å²) in [5.74, 6) is 0.303. The van der Waals surface area contributed by atoms with Crippen LogP contribution in [0, 0.1) is 5.82 Å². The zero-order chi connectivity index (χ0) is 18.1. The van der Waals surface area contributed by atoms with Crippen LogP contribution in [0.25, 0.3) is 0 Å². The lowest BCUT2D eigenvalue weighted by atomic mass is 9.95. The van der Waals surface area contributed by atoms with Crippen molar-refractivity contribution in [2.24, 2.45) is 0 Å². The van der Waals surface area contributed by atoms with Crippen LogP contribution in [0.3, 0.4) is 0 Å². The number of halogens is 1. The molecule has 2 N–H and O–H groups in total. The predicted molar refractivity (Wildman–Crippen MR) is 93.8 cm³/mol. The van der Waals surface area contributed by atoms with Crippen molar-refractivity contribution in [1.29, 1.82) is 0 Å². The molecular formula is C18H15FN6O. The van der Waals surface area contributed by atoms with Gasteiger partial charge in [-0.2, -0.15) is 10.1 Å². The summed E-state index contributed by atoms with van der Waals surface area (Å²) < 4.78 is 15.0. The van der Waals surface area contributed by atoms with E-state index in [1.807, 2.05) is 0 Å². The topological polar surface area (TPSA) is 84.7 Å². The van der Waals surface area contributed by atoms with Gasteiger partial charge in [0, 0.05) is 11.9 Å². The normalized spacial score (nSPS) is 16.0. The molecule has 3 heterocycles. The second kappa shape index (κ2) is 6.40. The Morgan fingerprint density at radius 3 is 2.73 bits per heavy atom. The Labute approximate surface area is 148 Å². The molecule has 0 saturated heterocycles. The monoisotopic (exact) mass is 350 g/mol. The molecule has 0 aliphatic carbocycles. The van der Waals surface area contributed by atoms with Crippen molar-refractivity contribution in [2.75, 3.05) is 10.6 Å². The quantitative estimate of drug-likeness (QED) is 0.759. The fraction of sp³-hybridized carbons (Fsp3) is 0.111. The number of amides is 1. The molecule has 0 bridgehead atoms. The van der Waals surface area contributed by atoms with E-state index in [9.17, 15) is 9.18 Å². The van der Waals surface area contributed by atoms with E-state index in [1.165, 1.54) is 18.5 Å². The number of fused-ring (bicyclic) bond motifs is 1. The fourth-order valence-electron chi connectivity index (χ4n) is 2.96. The van der Waals surface area contributed by atoms with Crippen molar-refractivity contribution in [3.8, 4) is 0 Å². The standard InChI is InChI=1S/C18H15FN6O/c1-11-15(17(26)24-14-4-2-3-9-20-14)16(12-5-7-13(19)8-6-12)25-18(23-11)21-10-22-25/h2-10,16H,1H3,(H,20,24,26)(H,21,22,23)/t16-/m0/s1. The van der Waals surface area contributed by atoms with Gasteiger partial charge < -0.3 is 10.6 Å². The molecule has 1 atom stereocenters.